The van der Waals surface area contributed by atoms with Gasteiger partial charge >= 0.3 is 7.12 Å². The molecule has 0 aliphatic rings. The van der Waals surface area contributed by atoms with Crippen LogP contribution in [-0.2, 0) is 0 Å². The predicted molar refractivity (Wildman–Crippen MR) is 103 cm³/mol. The Hall–Kier alpha value is -2.84. The fourth-order valence-electron chi connectivity index (χ4n) is 2.51. The van der Waals surface area contributed by atoms with Crippen molar-refractivity contribution in [2.75, 3.05) is 6.54 Å². The summed E-state index contributed by atoms with van der Waals surface area (Å²) in [5.41, 5.74) is 13.0. The zero-order chi connectivity index (χ0) is 18.9. The molecule has 8 heteroatoms. The number of hydrogen-bond acceptors (Lipinski definition) is 4. The van der Waals surface area contributed by atoms with Crippen molar-refractivity contribution in [1.29, 1.82) is 0 Å². The molecule has 0 radical (unpaired) electrons. The molecule has 0 saturated heterocycles. The molecule has 0 fully saturated rings. The van der Waals surface area contributed by atoms with Crippen molar-refractivity contribution < 1.29 is 14.8 Å². The second kappa shape index (κ2) is 9.60. The Balaban J connectivity index is 1.97. The number of nitrogens with one attached hydrogen (secondary N) is 1. The summed E-state index contributed by atoms with van der Waals surface area (Å²) in [6.45, 7) is 0.354. The van der Waals surface area contributed by atoms with Crippen LogP contribution in [0.3, 0.4) is 0 Å². The van der Waals surface area contributed by atoms with Crippen molar-refractivity contribution in [3.05, 3.63) is 60.2 Å². The van der Waals surface area contributed by atoms with E-state index < -0.39 is 13.1 Å². The molecule has 0 saturated carbocycles. The van der Waals surface area contributed by atoms with Gasteiger partial charge in [0.1, 0.15) is 0 Å². The first-order chi connectivity index (χ1) is 12.5. The molecule has 0 spiro atoms. The SMILES string of the molecule is NC(N)=NCCC[C@H](NC(=O)c1ccc(-c2ccccc2)cc1)B(O)O. The topological polar surface area (TPSA) is 134 Å². The molecule has 0 bridgehead atoms. The number of benzene rings is 2. The lowest BCUT2D eigenvalue weighted by Gasteiger charge is -2.17. The van der Waals surface area contributed by atoms with E-state index in [2.05, 4.69) is 10.3 Å². The lowest BCUT2D eigenvalue weighted by atomic mass is 9.76. The summed E-state index contributed by atoms with van der Waals surface area (Å²) in [4.78, 5) is 16.2. The molecule has 2 aromatic carbocycles. The predicted octanol–water partition coefficient (Wildman–Crippen LogP) is 0.518. The Kier molecular flexibility index (Phi) is 7.19. The molecule has 7 nitrogen and oxygen atoms in total. The van der Waals surface area contributed by atoms with Gasteiger partial charge in [0.25, 0.3) is 5.91 Å². The van der Waals surface area contributed by atoms with Crippen LogP contribution in [0.1, 0.15) is 23.2 Å². The molecule has 2 aromatic rings. The first-order valence-corrected chi connectivity index (χ1v) is 8.35. The quantitative estimate of drug-likeness (QED) is 0.204. The van der Waals surface area contributed by atoms with Crippen molar-refractivity contribution in [1.82, 2.24) is 5.32 Å². The molecule has 136 valence electrons. The maximum Gasteiger partial charge on any atom is 0.475 e. The minimum absolute atomic E-state index is 0.0198. The van der Waals surface area contributed by atoms with Gasteiger partial charge in [-0.1, -0.05) is 42.5 Å². The van der Waals surface area contributed by atoms with Crippen LogP contribution in [0.5, 0.6) is 0 Å². The molecule has 7 N–H and O–H groups in total. The van der Waals surface area contributed by atoms with Crippen molar-refractivity contribution >= 4 is 19.0 Å². The summed E-state index contributed by atoms with van der Waals surface area (Å²) in [6.07, 6.45) is 0.843. The van der Waals surface area contributed by atoms with E-state index >= 15 is 0 Å². The number of amides is 1. The Morgan fingerprint density at radius 1 is 1.04 bits per heavy atom. The van der Waals surface area contributed by atoms with Crippen LogP contribution in [0.15, 0.2) is 59.6 Å². The van der Waals surface area contributed by atoms with Crippen molar-refractivity contribution in [3.63, 3.8) is 0 Å². The van der Waals surface area contributed by atoms with Crippen molar-refractivity contribution in [2.45, 2.75) is 18.8 Å². The summed E-state index contributed by atoms with van der Waals surface area (Å²) in [5, 5.41) is 21.6. The van der Waals surface area contributed by atoms with Gasteiger partial charge in [-0.05, 0) is 36.1 Å². The largest absolute Gasteiger partial charge is 0.475 e. The number of nitrogens with zero attached hydrogens (tertiary/aromatic N) is 1. The summed E-state index contributed by atoms with van der Waals surface area (Å²) in [6, 6.07) is 16.9. The van der Waals surface area contributed by atoms with E-state index in [4.69, 9.17) is 11.5 Å². The van der Waals surface area contributed by atoms with Gasteiger partial charge in [0.2, 0.25) is 0 Å². The molecular formula is C18H23BN4O3. The lowest BCUT2D eigenvalue weighted by molar-refractivity contribution is 0.0940. The standard InChI is InChI=1S/C18H23BN4O3/c20-18(21)22-12-4-7-16(19(25)26)23-17(24)15-10-8-14(9-11-15)13-5-2-1-3-6-13/h1-3,5-6,8-11,16,25-26H,4,7,12H2,(H,23,24)(H4,20,21,22)/t16-/m0/s1. The van der Waals surface area contributed by atoms with Crippen molar-refractivity contribution in [2.24, 2.45) is 16.5 Å². The van der Waals surface area contributed by atoms with Crippen LogP contribution in [0.4, 0.5) is 0 Å². The molecule has 26 heavy (non-hydrogen) atoms. The van der Waals surface area contributed by atoms with Gasteiger partial charge in [-0.3, -0.25) is 9.79 Å². The molecule has 1 atom stereocenters. The van der Waals surface area contributed by atoms with Gasteiger partial charge in [0.15, 0.2) is 5.96 Å². The highest BCUT2D eigenvalue weighted by Gasteiger charge is 2.25. The van der Waals surface area contributed by atoms with Crippen LogP contribution < -0.4 is 16.8 Å². The zero-order valence-electron chi connectivity index (χ0n) is 14.4. The van der Waals surface area contributed by atoms with Gasteiger partial charge in [-0.15, -0.1) is 0 Å². The molecule has 0 aliphatic heterocycles. The average molecular weight is 354 g/mol. The molecule has 1 amide bonds. The number of aliphatic imine (C=N–C) groups is 1. The number of guanidine groups is 1. The number of rotatable bonds is 8. The summed E-state index contributed by atoms with van der Waals surface area (Å²) >= 11 is 0. The molecule has 0 aromatic heterocycles. The molecular weight excluding hydrogens is 331 g/mol. The highest BCUT2D eigenvalue weighted by atomic mass is 16.4. The third-order valence-electron chi connectivity index (χ3n) is 3.90. The number of hydrogen-bond donors (Lipinski definition) is 5. The first kappa shape index (κ1) is 19.5. The smallest absolute Gasteiger partial charge is 0.426 e. The second-order valence-electron chi connectivity index (χ2n) is 5.89. The van der Waals surface area contributed by atoms with Crippen LogP contribution in [-0.4, -0.2) is 41.5 Å². The van der Waals surface area contributed by atoms with Gasteiger partial charge in [0, 0.05) is 12.1 Å². The van der Waals surface area contributed by atoms with E-state index in [9.17, 15) is 14.8 Å². The fraction of sp³-hybridized carbons (Fsp3) is 0.222. The lowest BCUT2D eigenvalue weighted by Crippen LogP contribution is -2.46. The maximum atomic E-state index is 12.3. The Morgan fingerprint density at radius 2 is 1.65 bits per heavy atom. The highest BCUT2D eigenvalue weighted by molar-refractivity contribution is 6.43. The van der Waals surface area contributed by atoms with E-state index in [1.54, 1.807) is 12.1 Å². The average Bonchev–Trinajstić information content (AvgIpc) is 2.64. The van der Waals surface area contributed by atoms with E-state index in [0.717, 1.165) is 11.1 Å². The van der Waals surface area contributed by atoms with Gasteiger partial charge < -0.3 is 26.8 Å². The number of carbonyl (C=O) groups is 1. The zero-order valence-corrected chi connectivity index (χ0v) is 14.4. The molecule has 0 unspecified atom stereocenters. The van der Waals surface area contributed by atoms with Gasteiger partial charge in [0.05, 0.1) is 5.94 Å². The Labute approximate surface area is 152 Å². The van der Waals surface area contributed by atoms with Crippen molar-refractivity contribution in [3.8, 4) is 11.1 Å². The summed E-state index contributed by atoms with van der Waals surface area (Å²) < 4.78 is 0. The number of carbonyl (C=O) groups excluding carboxylic acids is 1. The second-order valence-corrected chi connectivity index (χ2v) is 5.89. The first-order valence-electron chi connectivity index (χ1n) is 8.35. The van der Waals surface area contributed by atoms with E-state index in [-0.39, 0.29) is 11.9 Å². The molecule has 0 aliphatic carbocycles. The minimum Gasteiger partial charge on any atom is -0.426 e. The van der Waals surface area contributed by atoms with Crippen LogP contribution in [0.25, 0.3) is 11.1 Å². The third kappa shape index (κ3) is 5.91. The fourth-order valence-corrected chi connectivity index (χ4v) is 2.51. The highest BCUT2D eigenvalue weighted by Crippen LogP contribution is 2.19. The summed E-state index contributed by atoms with van der Waals surface area (Å²) in [7, 11) is -1.67. The van der Waals surface area contributed by atoms with Crippen LogP contribution in [0.2, 0.25) is 0 Å². The Bertz CT molecular complexity index is 732. The Morgan fingerprint density at radius 3 is 2.23 bits per heavy atom. The molecule has 0 heterocycles. The maximum absolute atomic E-state index is 12.3. The summed E-state index contributed by atoms with van der Waals surface area (Å²) in [5.74, 6) is -1.19. The minimum atomic E-state index is -1.67. The van der Waals surface area contributed by atoms with Crippen LogP contribution in [0, 0.1) is 0 Å². The molecule has 2 rings (SSSR count). The van der Waals surface area contributed by atoms with E-state index in [0.29, 0.717) is 24.9 Å². The van der Waals surface area contributed by atoms with Gasteiger partial charge in [-0.25, -0.2) is 0 Å². The van der Waals surface area contributed by atoms with E-state index in [1.807, 2.05) is 42.5 Å². The third-order valence-corrected chi connectivity index (χ3v) is 3.90. The monoisotopic (exact) mass is 354 g/mol. The van der Waals surface area contributed by atoms with Crippen LogP contribution >= 0.6 is 0 Å². The normalized spacial score (nSPS) is 11.5. The number of nitrogens with two attached hydrogens (primary N) is 2. The van der Waals surface area contributed by atoms with E-state index in [1.165, 1.54) is 0 Å². The van der Waals surface area contributed by atoms with Gasteiger partial charge in [-0.2, -0.15) is 0 Å².